The Morgan fingerprint density at radius 3 is 2.26 bits per heavy atom. The van der Waals surface area contributed by atoms with Crippen molar-refractivity contribution in [2.45, 2.75) is 59.4 Å². The van der Waals surface area contributed by atoms with E-state index >= 15 is 0 Å². The Morgan fingerprint density at radius 1 is 1.21 bits per heavy atom. The average molecular weight is 290 g/mol. The lowest BCUT2D eigenvalue weighted by atomic mass is 9.84. The summed E-state index contributed by atoms with van der Waals surface area (Å²) >= 11 is 0. The van der Waals surface area contributed by atoms with Crippen LogP contribution in [0, 0.1) is 11.3 Å². The second-order valence-corrected chi connectivity index (χ2v) is 8.79. The highest BCUT2D eigenvalue weighted by atomic mass is 32.2. The van der Waals surface area contributed by atoms with Gasteiger partial charge in [0.05, 0.1) is 5.75 Å². The average Bonchev–Trinajstić information content (AvgIpc) is 2.27. The van der Waals surface area contributed by atoms with Gasteiger partial charge in [-0.05, 0) is 30.7 Å². The number of rotatable bonds is 5. The molecule has 1 rings (SSSR count). The minimum Gasteiger partial charge on any atom is -0.330 e. The fraction of sp³-hybridized carbons (Fsp3) is 1.00. The first-order valence-electron chi connectivity index (χ1n) is 7.41. The van der Waals surface area contributed by atoms with Crippen LogP contribution in [0.4, 0.5) is 0 Å². The summed E-state index contributed by atoms with van der Waals surface area (Å²) in [7, 11) is -3.20. The Kier molecular flexibility index (Phi) is 5.83. The highest BCUT2D eigenvalue weighted by Gasteiger charge is 2.36. The van der Waals surface area contributed by atoms with Crippen molar-refractivity contribution >= 4 is 10.0 Å². The summed E-state index contributed by atoms with van der Waals surface area (Å²) in [5.41, 5.74) is 5.63. The molecule has 0 spiro atoms. The molecule has 1 aliphatic carbocycles. The zero-order valence-corrected chi connectivity index (χ0v) is 13.7. The Morgan fingerprint density at radius 2 is 1.79 bits per heavy atom. The van der Waals surface area contributed by atoms with E-state index in [0.29, 0.717) is 19.0 Å². The van der Waals surface area contributed by atoms with Gasteiger partial charge in [0, 0.05) is 12.6 Å². The molecule has 1 aliphatic rings. The van der Waals surface area contributed by atoms with Crippen LogP contribution in [-0.2, 0) is 10.0 Å². The van der Waals surface area contributed by atoms with Gasteiger partial charge in [-0.3, -0.25) is 0 Å². The Hall–Kier alpha value is -0.130. The molecule has 0 bridgehead atoms. The lowest BCUT2D eigenvalue weighted by molar-refractivity contribution is 0.186. The van der Waals surface area contributed by atoms with E-state index in [4.69, 9.17) is 5.73 Å². The number of hydrogen-bond acceptors (Lipinski definition) is 3. The molecular weight excluding hydrogens is 260 g/mol. The third-order valence-electron chi connectivity index (χ3n) is 3.83. The van der Waals surface area contributed by atoms with Crippen LogP contribution < -0.4 is 5.73 Å². The minimum atomic E-state index is -3.20. The molecule has 0 radical (unpaired) electrons. The third kappa shape index (κ3) is 4.72. The van der Waals surface area contributed by atoms with Crippen molar-refractivity contribution < 1.29 is 8.42 Å². The van der Waals surface area contributed by atoms with Crippen molar-refractivity contribution in [3.63, 3.8) is 0 Å². The van der Waals surface area contributed by atoms with Crippen LogP contribution in [0.1, 0.15) is 53.4 Å². The molecule has 5 heteroatoms. The molecule has 0 saturated heterocycles. The Balaban J connectivity index is 2.92. The Labute approximate surface area is 118 Å². The van der Waals surface area contributed by atoms with Crippen LogP contribution in [0.2, 0.25) is 0 Å². The maximum absolute atomic E-state index is 12.6. The zero-order chi connectivity index (χ0) is 14.7. The van der Waals surface area contributed by atoms with Crippen molar-refractivity contribution in [2.75, 3.05) is 18.8 Å². The first kappa shape index (κ1) is 16.9. The maximum Gasteiger partial charge on any atom is 0.214 e. The standard InChI is InChI=1S/C14H30N2O2S/c1-5-16(19(17,18)11-14(2,3)4)13-9-7-6-8-12(13)10-15/h12-13H,5-11,15H2,1-4H3. The summed E-state index contributed by atoms with van der Waals surface area (Å²) in [4.78, 5) is 0. The maximum atomic E-state index is 12.6. The topological polar surface area (TPSA) is 63.4 Å². The summed E-state index contributed by atoms with van der Waals surface area (Å²) in [6, 6.07) is 0.107. The summed E-state index contributed by atoms with van der Waals surface area (Å²) in [6.07, 6.45) is 4.31. The molecule has 2 atom stereocenters. The monoisotopic (exact) mass is 290 g/mol. The van der Waals surface area contributed by atoms with Crippen molar-refractivity contribution in [1.82, 2.24) is 4.31 Å². The van der Waals surface area contributed by atoms with Crippen LogP contribution in [0.15, 0.2) is 0 Å². The summed E-state index contributed by atoms with van der Waals surface area (Å²) in [5.74, 6) is 0.533. The van der Waals surface area contributed by atoms with Gasteiger partial charge in [-0.1, -0.05) is 40.5 Å². The second-order valence-electron chi connectivity index (χ2n) is 6.87. The minimum absolute atomic E-state index is 0.107. The van der Waals surface area contributed by atoms with E-state index in [0.717, 1.165) is 19.3 Å². The molecule has 19 heavy (non-hydrogen) atoms. The van der Waals surface area contributed by atoms with Crippen molar-refractivity contribution in [2.24, 2.45) is 17.1 Å². The summed E-state index contributed by atoms with van der Waals surface area (Å²) in [6.45, 7) is 8.99. The van der Waals surface area contributed by atoms with Crippen molar-refractivity contribution in [1.29, 1.82) is 0 Å². The van der Waals surface area contributed by atoms with Crippen LogP contribution in [0.25, 0.3) is 0 Å². The molecule has 2 N–H and O–H groups in total. The first-order valence-corrected chi connectivity index (χ1v) is 9.02. The van der Waals surface area contributed by atoms with Gasteiger partial charge in [0.2, 0.25) is 10.0 Å². The van der Waals surface area contributed by atoms with Crippen molar-refractivity contribution in [3.8, 4) is 0 Å². The molecule has 2 unspecified atom stereocenters. The molecule has 0 aliphatic heterocycles. The molecule has 0 aromatic rings. The number of hydrogen-bond donors (Lipinski definition) is 1. The lowest BCUT2D eigenvalue weighted by Crippen LogP contribution is -2.49. The van der Waals surface area contributed by atoms with E-state index < -0.39 is 10.0 Å². The largest absolute Gasteiger partial charge is 0.330 e. The second kappa shape index (κ2) is 6.55. The van der Waals surface area contributed by atoms with Gasteiger partial charge in [-0.15, -0.1) is 0 Å². The van der Waals surface area contributed by atoms with Crippen LogP contribution >= 0.6 is 0 Å². The van der Waals surface area contributed by atoms with Crippen LogP contribution in [0.5, 0.6) is 0 Å². The molecule has 0 amide bonds. The highest BCUT2D eigenvalue weighted by Crippen LogP contribution is 2.31. The molecule has 0 aromatic heterocycles. The van der Waals surface area contributed by atoms with Gasteiger partial charge >= 0.3 is 0 Å². The number of nitrogens with two attached hydrogens (primary N) is 1. The molecule has 0 heterocycles. The van der Waals surface area contributed by atoms with Gasteiger partial charge in [-0.2, -0.15) is 4.31 Å². The Bertz CT molecular complexity index is 373. The van der Waals surface area contributed by atoms with Gasteiger partial charge in [-0.25, -0.2) is 8.42 Å². The van der Waals surface area contributed by atoms with Gasteiger partial charge < -0.3 is 5.73 Å². The smallest absolute Gasteiger partial charge is 0.214 e. The fourth-order valence-corrected chi connectivity index (χ4v) is 5.45. The first-order chi connectivity index (χ1) is 8.71. The molecule has 1 saturated carbocycles. The number of sulfonamides is 1. The fourth-order valence-electron chi connectivity index (χ4n) is 3.11. The van der Waals surface area contributed by atoms with E-state index in [1.54, 1.807) is 4.31 Å². The van der Waals surface area contributed by atoms with E-state index in [9.17, 15) is 8.42 Å². The van der Waals surface area contributed by atoms with Gasteiger partial charge in [0.1, 0.15) is 0 Å². The third-order valence-corrected chi connectivity index (χ3v) is 6.30. The zero-order valence-electron chi connectivity index (χ0n) is 12.9. The SMILES string of the molecule is CCN(C1CCCCC1CN)S(=O)(=O)CC(C)(C)C. The van der Waals surface area contributed by atoms with E-state index in [2.05, 4.69) is 0 Å². The molecule has 1 fully saturated rings. The normalized spacial score (nSPS) is 25.8. The van der Waals surface area contributed by atoms with E-state index in [1.165, 1.54) is 6.42 Å². The number of nitrogens with zero attached hydrogens (tertiary/aromatic N) is 1. The van der Waals surface area contributed by atoms with E-state index in [-0.39, 0.29) is 17.2 Å². The van der Waals surface area contributed by atoms with Gasteiger partial charge in [0.15, 0.2) is 0 Å². The predicted octanol–water partition coefficient (Wildman–Crippen LogP) is 2.20. The van der Waals surface area contributed by atoms with Crippen molar-refractivity contribution in [3.05, 3.63) is 0 Å². The summed E-state index contributed by atoms with van der Waals surface area (Å²) < 4.78 is 27.0. The lowest BCUT2D eigenvalue weighted by Gasteiger charge is -2.39. The molecule has 4 nitrogen and oxygen atoms in total. The predicted molar refractivity (Wildman–Crippen MR) is 80.4 cm³/mol. The molecule has 0 aromatic carbocycles. The quantitative estimate of drug-likeness (QED) is 0.844. The highest BCUT2D eigenvalue weighted by molar-refractivity contribution is 7.89. The van der Waals surface area contributed by atoms with Crippen LogP contribution in [0.3, 0.4) is 0 Å². The molecule has 114 valence electrons. The van der Waals surface area contributed by atoms with Crippen LogP contribution in [-0.4, -0.2) is 37.6 Å². The summed E-state index contributed by atoms with van der Waals surface area (Å²) in [5, 5.41) is 0. The molecular formula is C14H30N2O2S. The van der Waals surface area contributed by atoms with Gasteiger partial charge in [0.25, 0.3) is 0 Å². The van der Waals surface area contributed by atoms with E-state index in [1.807, 2.05) is 27.7 Å².